The predicted molar refractivity (Wildman–Crippen MR) is 83.0 cm³/mol. The van der Waals surface area contributed by atoms with Gasteiger partial charge in [-0.05, 0) is 12.1 Å². The molecule has 1 N–H and O–H groups in total. The molecule has 23 heavy (non-hydrogen) atoms. The average Bonchev–Trinajstić information content (AvgIpc) is 2.55. The molecule has 0 aromatic heterocycles. The van der Waals surface area contributed by atoms with Crippen molar-refractivity contribution < 1.29 is 23.2 Å². The fourth-order valence-electron chi connectivity index (χ4n) is 2.34. The third kappa shape index (κ3) is 3.78. The lowest BCUT2D eigenvalue weighted by molar-refractivity contribution is -0.384. The topological polar surface area (TPSA) is 113 Å². The number of aliphatic hydroxyl groups excluding tert-OH is 1. The van der Waals surface area contributed by atoms with Crippen molar-refractivity contribution in [3.63, 3.8) is 0 Å². The number of benzene rings is 1. The first kappa shape index (κ1) is 17.6. The van der Waals surface area contributed by atoms with E-state index in [0.29, 0.717) is 13.2 Å². The summed E-state index contributed by atoms with van der Waals surface area (Å²) in [4.78, 5) is 12.0. The number of ether oxygens (including phenoxy) is 1. The Morgan fingerprint density at radius 3 is 2.61 bits per heavy atom. The normalized spacial score (nSPS) is 16.3. The fourth-order valence-corrected chi connectivity index (χ4v) is 3.77. The van der Waals surface area contributed by atoms with Crippen molar-refractivity contribution in [2.45, 2.75) is 4.90 Å². The number of hydrogen-bond acceptors (Lipinski definition) is 7. The molecular formula is C13H19N3O6S. The maximum atomic E-state index is 12.6. The highest BCUT2D eigenvalue weighted by Gasteiger charge is 2.29. The number of nitrogens with zero attached hydrogens (tertiary/aromatic N) is 3. The minimum absolute atomic E-state index is 0.118. The molecule has 1 aliphatic rings. The molecule has 1 aliphatic heterocycles. The summed E-state index contributed by atoms with van der Waals surface area (Å²) >= 11 is 0. The number of anilines is 1. The van der Waals surface area contributed by atoms with Crippen molar-refractivity contribution in [1.29, 1.82) is 0 Å². The SMILES string of the molecule is CN(CCO)c1ccc(S(=O)(=O)N2CCOCC2)cc1[N+](=O)[O-]. The van der Waals surface area contributed by atoms with Gasteiger partial charge in [0.25, 0.3) is 5.69 Å². The molecule has 0 unspecified atom stereocenters. The van der Waals surface area contributed by atoms with Gasteiger partial charge in [-0.1, -0.05) is 0 Å². The Kier molecular flexibility index (Phi) is 5.52. The van der Waals surface area contributed by atoms with E-state index in [-0.39, 0.29) is 42.5 Å². The molecule has 0 bridgehead atoms. The van der Waals surface area contributed by atoms with Crippen LogP contribution < -0.4 is 4.90 Å². The molecule has 0 radical (unpaired) electrons. The largest absolute Gasteiger partial charge is 0.395 e. The van der Waals surface area contributed by atoms with E-state index in [1.165, 1.54) is 21.3 Å². The molecule has 0 spiro atoms. The van der Waals surface area contributed by atoms with Crippen LogP contribution in [-0.4, -0.2) is 69.3 Å². The van der Waals surface area contributed by atoms with E-state index in [1.807, 2.05) is 0 Å². The molecule has 0 aliphatic carbocycles. The first-order chi connectivity index (χ1) is 10.9. The van der Waals surface area contributed by atoms with Gasteiger partial charge in [0.15, 0.2) is 0 Å². The average molecular weight is 345 g/mol. The molecular weight excluding hydrogens is 326 g/mol. The van der Waals surface area contributed by atoms with Gasteiger partial charge in [-0.15, -0.1) is 0 Å². The zero-order valence-corrected chi connectivity index (χ0v) is 13.5. The fraction of sp³-hybridized carbons (Fsp3) is 0.538. The second-order valence-corrected chi connectivity index (χ2v) is 7.01. The summed E-state index contributed by atoms with van der Waals surface area (Å²) in [6.07, 6.45) is 0. The highest BCUT2D eigenvalue weighted by molar-refractivity contribution is 7.89. The molecule has 10 heteroatoms. The van der Waals surface area contributed by atoms with Crippen LogP contribution in [-0.2, 0) is 14.8 Å². The van der Waals surface area contributed by atoms with Gasteiger partial charge in [-0.25, -0.2) is 8.42 Å². The molecule has 128 valence electrons. The number of rotatable bonds is 6. The smallest absolute Gasteiger partial charge is 0.293 e. The summed E-state index contributed by atoms with van der Waals surface area (Å²) in [5, 5.41) is 20.2. The predicted octanol–water partition coefficient (Wildman–Crippen LogP) is 0.0442. The maximum absolute atomic E-state index is 12.6. The molecule has 2 rings (SSSR count). The molecule has 0 amide bonds. The maximum Gasteiger partial charge on any atom is 0.293 e. The summed E-state index contributed by atoms with van der Waals surface area (Å²) in [6, 6.07) is 3.80. The lowest BCUT2D eigenvalue weighted by atomic mass is 10.2. The van der Waals surface area contributed by atoms with Gasteiger partial charge in [-0.3, -0.25) is 10.1 Å². The standard InChI is InChI=1S/C13H19N3O6S/c1-14(4-7-17)12-3-2-11(10-13(12)16(18)19)23(20,21)15-5-8-22-9-6-15/h2-3,10,17H,4-9H2,1H3. The van der Waals surface area contributed by atoms with Gasteiger partial charge >= 0.3 is 0 Å². The quantitative estimate of drug-likeness (QED) is 0.572. The second-order valence-electron chi connectivity index (χ2n) is 5.07. The molecule has 9 nitrogen and oxygen atoms in total. The molecule has 1 saturated heterocycles. The lowest BCUT2D eigenvalue weighted by Gasteiger charge is -2.26. The van der Waals surface area contributed by atoms with Crippen LogP contribution in [0.15, 0.2) is 23.1 Å². The number of nitro benzene ring substituents is 1. The number of morpholine rings is 1. The van der Waals surface area contributed by atoms with Gasteiger partial charge in [0.1, 0.15) is 5.69 Å². The van der Waals surface area contributed by atoms with Crippen LogP contribution in [0.5, 0.6) is 0 Å². The van der Waals surface area contributed by atoms with E-state index in [2.05, 4.69) is 0 Å². The molecule has 1 aromatic rings. The molecule has 1 fully saturated rings. The number of aliphatic hydroxyl groups is 1. The first-order valence-electron chi connectivity index (χ1n) is 7.06. The number of nitro groups is 1. The Balaban J connectivity index is 2.40. The summed E-state index contributed by atoms with van der Waals surface area (Å²) in [7, 11) is -2.20. The van der Waals surface area contributed by atoms with Gasteiger partial charge in [-0.2, -0.15) is 4.31 Å². The van der Waals surface area contributed by atoms with Gasteiger partial charge in [0, 0.05) is 32.7 Å². The third-order valence-corrected chi connectivity index (χ3v) is 5.49. The molecule has 1 heterocycles. The van der Waals surface area contributed by atoms with E-state index < -0.39 is 14.9 Å². The second kappa shape index (κ2) is 7.21. The summed E-state index contributed by atoms with van der Waals surface area (Å²) in [6.45, 7) is 1.10. The Labute approximate surface area is 134 Å². The highest BCUT2D eigenvalue weighted by Crippen LogP contribution is 2.31. The van der Waals surface area contributed by atoms with Crippen LogP contribution >= 0.6 is 0 Å². The van der Waals surface area contributed by atoms with Crippen molar-refractivity contribution in [2.24, 2.45) is 0 Å². The van der Waals surface area contributed by atoms with Crippen LogP contribution in [0, 0.1) is 10.1 Å². The van der Waals surface area contributed by atoms with Crippen LogP contribution in [0.3, 0.4) is 0 Å². The third-order valence-electron chi connectivity index (χ3n) is 3.60. The number of sulfonamides is 1. The molecule has 0 atom stereocenters. The Hall–Kier alpha value is -1.75. The van der Waals surface area contributed by atoms with Gasteiger partial charge in [0.2, 0.25) is 10.0 Å². The van der Waals surface area contributed by atoms with Crippen LogP contribution in [0.1, 0.15) is 0 Å². The van der Waals surface area contributed by atoms with Crippen LogP contribution in [0.2, 0.25) is 0 Å². The van der Waals surface area contributed by atoms with E-state index >= 15 is 0 Å². The number of hydrogen-bond donors (Lipinski definition) is 1. The van der Waals surface area contributed by atoms with E-state index in [4.69, 9.17) is 9.84 Å². The van der Waals surface area contributed by atoms with Crippen molar-refractivity contribution in [1.82, 2.24) is 4.31 Å². The number of likely N-dealkylation sites (N-methyl/N-ethyl adjacent to an activating group) is 1. The summed E-state index contributed by atoms with van der Waals surface area (Å²) < 4.78 is 31.5. The van der Waals surface area contributed by atoms with E-state index in [0.717, 1.165) is 6.07 Å². The van der Waals surface area contributed by atoms with E-state index in [9.17, 15) is 18.5 Å². The van der Waals surface area contributed by atoms with Crippen LogP contribution in [0.4, 0.5) is 11.4 Å². The minimum Gasteiger partial charge on any atom is -0.395 e. The van der Waals surface area contributed by atoms with E-state index in [1.54, 1.807) is 7.05 Å². The van der Waals surface area contributed by atoms with Crippen molar-refractivity contribution in [3.8, 4) is 0 Å². The van der Waals surface area contributed by atoms with Gasteiger partial charge < -0.3 is 14.7 Å². The van der Waals surface area contributed by atoms with Crippen molar-refractivity contribution in [3.05, 3.63) is 28.3 Å². The Morgan fingerprint density at radius 1 is 1.39 bits per heavy atom. The zero-order valence-electron chi connectivity index (χ0n) is 12.7. The van der Waals surface area contributed by atoms with Crippen molar-refractivity contribution in [2.75, 3.05) is 51.4 Å². The van der Waals surface area contributed by atoms with Crippen LogP contribution in [0.25, 0.3) is 0 Å². The highest BCUT2D eigenvalue weighted by atomic mass is 32.2. The van der Waals surface area contributed by atoms with Crippen molar-refractivity contribution >= 4 is 21.4 Å². The summed E-state index contributed by atoms with van der Waals surface area (Å²) in [5.74, 6) is 0. The first-order valence-corrected chi connectivity index (χ1v) is 8.50. The Morgan fingerprint density at radius 2 is 2.04 bits per heavy atom. The minimum atomic E-state index is -3.79. The Bertz CT molecular complexity index is 672. The molecule has 0 saturated carbocycles. The molecule has 1 aromatic carbocycles. The zero-order chi connectivity index (χ0) is 17.0. The monoisotopic (exact) mass is 345 g/mol. The lowest BCUT2D eigenvalue weighted by Crippen LogP contribution is -2.40. The van der Waals surface area contributed by atoms with Gasteiger partial charge in [0.05, 0.1) is 29.6 Å². The summed E-state index contributed by atoms with van der Waals surface area (Å²) in [5.41, 5.74) is -0.0553.